The first-order valence-corrected chi connectivity index (χ1v) is 11.7. The Hall–Kier alpha value is -0.733. The van der Waals surface area contributed by atoms with Crippen LogP contribution in [0.4, 0.5) is 0 Å². The highest BCUT2D eigenvalue weighted by Gasteiger charge is 2.21. The second-order valence-electron chi connectivity index (χ2n) is 6.05. The third-order valence-corrected chi connectivity index (χ3v) is 6.14. The number of hydrogen-bond acceptors (Lipinski definition) is 4. The molecule has 7 heteroatoms. The summed E-state index contributed by atoms with van der Waals surface area (Å²) in [5.74, 6) is 5.60. The molecule has 0 aliphatic heterocycles. The molecule has 2 N–H and O–H groups in total. The summed E-state index contributed by atoms with van der Waals surface area (Å²) in [6.45, 7) is 9.02. The van der Waals surface area contributed by atoms with Crippen molar-refractivity contribution in [3.8, 4) is 0 Å². The molecular weight excluding hydrogens is 292 g/mol. The number of sulfonamides is 1. The van der Waals surface area contributed by atoms with Crippen molar-refractivity contribution in [2.75, 3.05) is 13.3 Å². The second-order valence-corrected chi connectivity index (χ2v) is 13.6. The number of nitrogens with two attached hydrogens (primary N) is 1. The van der Waals surface area contributed by atoms with Gasteiger partial charge in [-0.25, -0.2) is 8.42 Å². The lowest BCUT2D eigenvalue weighted by molar-refractivity contribution is 0.0801. The van der Waals surface area contributed by atoms with Crippen LogP contribution in [0.15, 0.2) is 29.2 Å². The molecule has 0 unspecified atom stereocenters. The molecule has 0 aliphatic carbocycles. The van der Waals surface area contributed by atoms with Crippen molar-refractivity contribution >= 4 is 18.1 Å². The fourth-order valence-electron chi connectivity index (χ4n) is 1.45. The van der Waals surface area contributed by atoms with Gasteiger partial charge in [0.25, 0.3) is 10.0 Å². The van der Waals surface area contributed by atoms with Crippen LogP contribution in [0.25, 0.3) is 0 Å². The fraction of sp³-hybridized carbons (Fsp3) is 0.538. The van der Waals surface area contributed by atoms with Gasteiger partial charge in [-0.1, -0.05) is 37.3 Å². The number of hydrazine groups is 1. The molecule has 0 atom stereocenters. The predicted octanol–water partition coefficient (Wildman–Crippen LogP) is 2.17. The van der Waals surface area contributed by atoms with Crippen LogP contribution in [0.5, 0.6) is 0 Å². The van der Waals surface area contributed by atoms with E-state index in [9.17, 15) is 8.42 Å². The summed E-state index contributed by atoms with van der Waals surface area (Å²) in [4.78, 5) is 0.180. The van der Waals surface area contributed by atoms with Gasteiger partial charge in [-0.05, 0) is 25.1 Å². The quantitative estimate of drug-likeness (QED) is 0.275. The van der Waals surface area contributed by atoms with Crippen molar-refractivity contribution in [2.45, 2.75) is 37.5 Å². The summed E-state index contributed by atoms with van der Waals surface area (Å²) in [6.07, 6.45) is 0. The highest BCUT2D eigenvalue weighted by molar-refractivity contribution is 7.89. The molecule has 20 heavy (non-hydrogen) atoms. The van der Waals surface area contributed by atoms with E-state index < -0.39 is 18.1 Å². The molecule has 0 aliphatic rings. The minimum atomic E-state index is -3.67. The van der Waals surface area contributed by atoms with Crippen molar-refractivity contribution in [1.29, 1.82) is 0 Å². The minimum absolute atomic E-state index is 0.124. The third-order valence-electron chi connectivity index (χ3n) is 2.84. The number of benzene rings is 1. The van der Waals surface area contributed by atoms with Gasteiger partial charge in [-0.3, -0.25) is 5.84 Å². The Labute approximate surface area is 122 Å². The Morgan fingerprint density at radius 1 is 1.20 bits per heavy atom. The van der Waals surface area contributed by atoms with Crippen LogP contribution in [0.1, 0.15) is 5.56 Å². The van der Waals surface area contributed by atoms with Gasteiger partial charge in [-0.2, -0.15) is 0 Å². The van der Waals surface area contributed by atoms with Crippen LogP contribution in [-0.4, -0.2) is 34.2 Å². The lowest BCUT2D eigenvalue weighted by Gasteiger charge is -2.19. The first kappa shape index (κ1) is 17.3. The van der Waals surface area contributed by atoms with Crippen molar-refractivity contribution in [1.82, 2.24) is 4.41 Å². The SMILES string of the molecule is Cc1ccc(S(=O)(=O)N(N)COCC[Si](C)(C)C)cc1. The highest BCUT2D eigenvalue weighted by atomic mass is 32.2. The maximum Gasteiger partial charge on any atom is 0.257 e. The molecule has 0 saturated heterocycles. The molecule has 1 aromatic rings. The number of nitrogens with zero attached hydrogens (tertiary/aromatic N) is 1. The van der Waals surface area contributed by atoms with E-state index in [0.717, 1.165) is 16.0 Å². The Balaban J connectivity index is 2.57. The predicted molar refractivity (Wildman–Crippen MR) is 83.4 cm³/mol. The lowest BCUT2D eigenvalue weighted by Crippen LogP contribution is -2.39. The van der Waals surface area contributed by atoms with Gasteiger partial charge in [0.1, 0.15) is 6.73 Å². The zero-order valence-electron chi connectivity index (χ0n) is 12.6. The average molecular weight is 316 g/mol. The highest BCUT2D eigenvalue weighted by Crippen LogP contribution is 2.14. The van der Waals surface area contributed by atoms with Crippen LogP contribution >= 0.6 is 0 Å². The Morgan fingerprint density at radius 2 is 1.75 bits per heavy atom. The van der Waals surface area contributed by atoms with Crippen molar-refractivity contribution < 1.29 is 13.2 Å². The topological polar surface area (TPSA) is 72.6 Å². The van der Waals surface area contributed by atoms with Crippen LogP contribution in [0, 0.1) is 6.92 Å². The number of aryl methyl sites for hydroxylation is 1. The van der Waals surface area contributed by atoms with Gasteiger partial charge >= 0.3 is 0 Å². The monoisotopic (exact) mass is 316 g/mol. The molecule has 114 valence electrons. The van der Waals surface area contributed by atoms with E-state index in [4.69, 9.17) is 10.6 Å². The number of hydrogen-bond donors (Lipinski definition) is 1. The summed E-state index contributed by atoms with van der Waals surface area (Å²) < 4.78 is 30.4. The molecule has 0 heterocycles. The van der Waals surface area contributed by atoms with Crippen LogP contribution in [0.2, 0.25) is 25.7 Å². The minimum Gasteiger partial charge on any atom is -0.364 e. The number of rotatable bonds is 7. The molecule has 1 rings (SSSR count). The van der Waals surface area contributed by atoms with E-state index >= 15 is 0 Å². The zero-order chi connectivity index (χ0) is 15.4. The zero-order valence-corrected chi connectivity index (χ0v) is 14.4. The summed E-state index contributed by atoms with van der Waals surface area (Å²) >= 11 is 0. The first-order chi connectivity index (χ1) is 9.13. The lowest BCUT2D eigenvalue weighted by atomic mass is 10.2. The fourth-order valence-corrected chi connectivity index (χ4v) is 3.17. The largest absolute Gasteiger partial charge is 0.364 e. The van der Waals surface area contributed by atoms with Gasteiger partial charge in [0.15, 0.2) is 0 Å². The van der Waals surface area contributed by atoms with Crippen LogP contribution < -0.4 is 5.84 Å². The average Bonchev–Trinajstić information content (AvgIpc) is 2.33. The molecule has 0 fully saturated rings. The van der Waals surface area contributed by atoms with E-state index in [1.165, 1.54) is 0 Å². The molecule has 0 radical (unpaired) electrons. The van der Waals surface area contributed by atoms with E-state index in [-0.39, 0.29) is 11.6 Å². The van der Waals surface area contributed by atoms with Gasteiger partial charge in [0.2, 0.25) is 0 Å². The Morgan fingerprint density at radius 3 is 2.25 bits per heavy atom. The smallest absolute Gasteiger partial charge is 0.257 e. The standard InChI is InChI=1S/C13H24N2O3SSi/c1-12-5-7-13(8-6-12)19(16,17)15(14)11-18-9-10-20(2,3)4/h5-8H,9-11,14H2,1-4H3. The molecule has 0 bridgehead atoms. The second kappa shape index (κ2) is 6.82. The van der Waals surface area contributed by atoms with Gasteiger partial charge in [0.05, 0.1) is 4.90 Å². The normalized spacial score (nSPS) is 12.9. The molecule has 0 spiro atoms. The summed E-state index contributed by atoms with van der Waals surface area (Å²) in [6, 6.07) is 7.56. The van der Waals surface area contributed by atoms with Gasteiger partial charge < -0.3 is 4.74 Å². The Bertz CT molecular complexity index is 524. The third kappa shape index (κ3) is 5.33. The van der Waals surface area contributed by atoms with Crippen molar-refractivity contribution in [3.05, 3.63) is 29.8 Å². The summed E-state index contributed by atoms with van der Waals surface area (Å²) in [5, 5.41) is 0. The van der Waals surface area contributed by atoms with Crippen molar-refractivity contribution in [3.63, 3.8) is 0 Å². The Kier molecular flexibility index (Phi) is 5.90. The molecule has 0 amide bonds. The van der Waals surface area contributed by atoms with E-state index in [1.54, 1.807) is 24.3 Å². The summed E-state index contributed by atoms with van der Waals surface area (Å²) in [7, 11) is -4.85. The maximum atomic E-state index is 12.2. The molecule has 0 saturated carbocycles. The van der Waals surface area contributed by atoms with Crippen LogP contribution in [0.3, 0.4) is 0 Å². The molecule has 0 aromatic heterocycles. The van der Waals surface area contributed by atoms with E-state index in [0.29, 0.717) is 6.61 Å². The van der Waals surface area contributed by atoms with E-state index in [2.05, 4.69) is 19.6 Å². The van der Waals surface area contributed by atoms with Gasteiger partial charge in [0, 0.05) is 14.7 Å². The van der Waals surface area contributed by atoms with Gasteiger partial charge in [-0.15, -0.1) is 4.41 Å². The maximum absolute atomic E-state index is 12.2. The van der Waals surface area contributed by atoms with E-state index in [1.807, 2.05) is 6.92 Å². The van der Waals surface area contributed by atoms with Crippen molar-refractivity contribution in [2.24, 2.45) is 5.84 Å². The number of ether oxygens (including phenoxy) is 1. The molecule has 1 aromatic carbocycles. The molecular formula is C13H24N2O3SSi. The summed E-state index contributed by atoms with van der Waals surface area (Å²) in [5.41, 5.74) is 0.999. The molecule has 5 nitrogen and oxygen atoms in total. The van der Waals surface area contributed by atoms with Crippen LogP contribution in [-0.2, 0) is 14.8 Å². The first-order valence-electron chi connectivity index (χ1n) is 6.55.